The number of aliphatic imine (C=N–C) groups is 1. The lowest BCUT2D eigenvalue weighted by Gasteiger charge is -2.23. The van der Waals surface area contributed by atoms with E-state index in [9.17, 15) is 9.90 Å². The molecule has 1 amide bonds. The van der Waals surface area contributed by atoms with Gasteiger partial charge in [-0.15, -0.1) is 11.3 Å². The van der Waals surface area contributed by atoms with Crippen LogP contribution in [-0.4, -0.2) is 30.1 Å². The van der Waals surface area contributed by atoms with Crippen LogP contribution < -0.4 is 16.0 Å². The van der Waals surface area contributed by atoms with E-state index in [-0.39, 0.29) is 5.91 Å². The second-order valence-electron chi connectivity index (χ2n) is 7.65. The van der Waals surface area contributed by atoms with E-state index in [2.05, 4.69) is 20.9 Å². The maximum atomic E-state index is 12.0. The number of anilines is 1. The summed E-state index contributed by atoms with van der Waals surface area (Å²) in [5.41, 5.74) is 0.807. The molecule has 1 atom stereocenters. The Labute approximate surface area is 177 Å². The summed E-state index contributed by atoms with van der Waals surface area (Å²) in [7, 11) is 0. The van der Waals surface area contributed by atoms with Gasteiger partial charge in [0.25, 0.3) is 0 Å². The molecule has 29 heavy (non-hydrogen) atoms. The van der Waals surface area contributed by atoms with Crippen LogP contribution >= 0.6 is 11.3 Å². The van der Waals surface area contributed by atoms with E-state index in [0.717, 1.165) is 22.7 Å². The lowest BCUT2D eigenvalue weighted by Crippen LogP contribution is -2.44. The third kappa shape index (κ3) is 7.87. The molecule has 158 valence electrons. The topological polar surface area (TPSA) is 85.8 Å². The first-order chi connectivity index (χ1) is 13.8. The third-order valence-electron chi connectivity index (χ3n) is 4.22. The molecule has 6 nitrogen and oxygen atoms in total. The summed E-state index contributed by atoms with van der Waals surface area (Å²) in [6.45, 7) is 9.37. The molecule has 0 saturated heterocycles. The van der Waals surface area contributed by atoms with Crippen molar-refractivity contribution in [3.8, 4) is 0 Å². The third-order valence-corrected chi connectivity index (χ3v) is 5.34. The number of nitrogens with zero attached hydrogens (tertiary/aromatic N) is 1. The molecule has 1 unspecified atom stereocenters. The van der Waals surface area contributed by atoms with E-state index < -0.39 is 5.60 Å². The summed E-state index contributed by atoms with van der Waals surface area (Å²) in [5, 5.41) is 22.0. The molecule has 2 rings (SSSR count). The van der Waals surface area contributed by atoms with Gasteiger partial charge < -0.3 is 21.1 Å². The summed E-state index contributed by atoms with van der Waals surface area (Å²) < 4.78 is 0. The number of carbonyl (C=O) groups excluding carboxylic acids is 1. The van der Waals surface area contributed by atoms with Gasteiger partial charge in [-0.25, -0.2) is 4.99 Å². The van der Waals surface area contributed by atoms with Crippen molar-refractivity contribution in [2.24, 2.45) is 10.9 Å². The predicted molar refractivity (Wildman–Crippen MR) is 121 cm³/mol. The monoisotopic (exact) mass is 416 g/mol. The average Bonchev–Trinajstić information content (AvgIpc) is 3.19. The van der Waals surface area contributed by atoms with Gasteiger partial charge in [0.1, 0.15) is 5.60 Å². The summed E-state index contributed by atoms with van der Waals surface area (Å²) in [6.07, 6.45) is 0.501. The molecule has 1 heterocycles. The minimum atomic E-state index is -0.967. The Kier molecular flexibility index (Phi) is 8.67. The minimum Gasteiger partial charge on any atom is -0.383 e. The number of hydrogen-bond donors (Lipinski definition) is 4. The van der Waals surface area contributed by atoms with E-state index in [0.29, 0.717) is 31.4 Å². The van der Waals surface area contributed by atoms with Crippen molar-refractivity contribution in [3.05, 3.63) is 52.2 Å². The zero-order chi connectivity index (χ0) is 21.3. The van der Waals surface area contributed by atoms with Crippen LogP contribution in [-0.2, 0) is 16.9 Å². The standard InChI is InChI=1S/C22H32N4O2S/c1-5-23-21(25-15-22(4,28)19-10-7-11-29-19)24-14-17-8-6-9-18(13-17)26-20(27)12-16(2)3/h6-11,13,16,28H,5,12,14-15H2,1-4H3,(H,26,27)(H2,23,24,25). The van der Waals surface area contributed by atoms with E-state index in [1.165, 1.54) is 11.3 Å². The first-order valence-electron chi connectivity index (χ1n) is 9.97. The van der Waals surface area contributed by atoms with Gasteiger partial charge in [-0.2, -0.15) is 0 Å². The summed E-state index contributed by atoms with van der Waals surface area (Å²) in [4.78, 5) is 17.5. The fourth-order valence-corrected chi connectivity index (χ4v) is 3.56. The number of rotatable bonds is 9. The lowest BCUT2D eigenvalue weighted by molar-refractivity contribution is -0.116. The smallest absolute Gasteiger partial charge is 0.224 e. The Morgan fingerprint density at radius 3 is 2.69 bits per heavy atom. The average molecular weight is 417 g/mol. The zero-order valence-corrected chi connectivity index (χ0v) is 18.5. The zero-order valence-electron chi connectivity index (χ0n) is 17.7. The van der Waals surface area contributed by atoms with E-state index in [4.69, 9.17) is 0 Å². The summed E-state index contributed by atoms with van der Waals surface area (Å²) >= 11 is 1.53. The van der Waals surface area contributed by atoms with Crippen molar-refractivity contribution in [1.82, 2.24) is 10.6 Å². The second kappa shape index (κ2) is 11.0. The van der Waals surface area contributed by atoms with Crippen LogP contribution in [0.3, 0.4) is 0 Å². The Morgan fingerprint density at radius 1 is 1.24 bits per heavy atom. The van der Waals surface area contributed by atoms with Crippen molar-refractivity contribution in [2.45, 2.75) is 46.3 Å². The molecule has 2 aromatic rings. The van der Waals surface area contributed by atoms with E-state index >= 15 is 0 Å². The predicted octanol–water partition coefficient (Wildman–Crippen LogP) is 3.70. The molecule has 0 aliphatic heterocycles. The normalized spacial score (nSPS) is 13.8. The number of hydrogen-bond acceptors (Lipinski definition) is 4. The maximum absolute atomic E-state index is 12.0. The SMILES string of the molecule is CCNC(=NCc1cccc(NC(=O)CC(C)C)c1)NCC(C)(O)c1cccs1. The van der Waals surface area contributed by atoms with Gasteiger partial charge in [0.05, 0.1) is 13.1 Å². The highest BCUT2D eigenvalue weighted by Gasteiger charge is 2.24. The molecule has 1 aromatic heterocycles. The quantitative estimate of drug-likeness (QED) is 0.371. The fraction of sp³-hybridized carbons (Fsp3) is 0.455. The number of nitrogens with one attached hydrogen (secondary N) is 3. The molecule has 0 aliphatic rings. The van der Waals surface area contributed by atoms with Gasteiger partial charge in [0.2, 0.25) is 5.91 Å². The summed E-state index contributed by atoms with van der Waals surface area (Å²) in [5.74, 6) is 0.980. The Balaban J connectivity index is 1.99. The molecule has 1 aromatic carbocycles. The number of guanidine groups is 1. The van der Waals surface area contributed by atoms with Crippen molar-refractivity contribution >= 4 is 28.9 Å². The minimum absolute atomic E-state index is 0.0199. The number of amides is 1. The van der Waals surface area contributed by atoms with Crippen molar-refractivity contribution in [3.63, 3.8) is 0 Å². The number of aliphatic hydroxyl groups is 1. The lowest BCUT2D eigenvalue weighted by atomic mass is 10.1. The molecular weight excluding hydrogens is 384 g/mol. The van der Waals surface area contributed by atoms with Gasteiger partial charge in [0.15, 0.2) is 5.96 Å². The van der Waals surface area contributed by atoms with Crippen molar-refractivity contribution in [2.75, 3.05) is 18.4 Å². The Hall–Kier alpha value is -2.38. The van der Waals surface area contributed by atoms with Crippen LogP contribution in [0.2, 0.25) is 0 Å². The first kappa shape index (κ1) is 22.9. The highest BCUT2D eigenvalue weighted by molar-refractivity contribution is 7.10. The van der Waals surface area contributed by atoms with Crippen LogP contribution in [0.25, 0.3) is 0 Å². The Bertz CT molecular complexity index is 801. The van der Waals surface area contributed by atoms with Gasteiger partial charge in [-0.1, -0.05) is 32.0 Å². The second-order valence-corrected chi connectivity index (χ2v) is 8.59. The molecule has 0 fully saturated rings. The van der Waals surface area contributed by atoms with Crippen LogP contribution in [0.4, 0.5) is 5.69 Å². The largest absolute Gasteiger partial charge is 0.383 e. The molecular formula is C22H32N4O2S. The summed E-state index contributed by atoms with van der Waals surface area (Å²) in [6, 6.07) is 11.6. The van der Waals surface area contributed by atoms with Gasteiger partial charge in [-0.05, 0) is 48.9 Å². The van der Waals surface area contributed by atoms with E-state index in [1.807, 2.05) is 62.5 Å². The molecule has 0 aliphatic carbocycles. The molecule has 0 saturated carbocycles. The van der Waals surface area contributed by atoms with Crippen molar-refractivity contribution in [1.29, 1.82) is 0 Å². The van der Waals surface area contributed by atoms with Crippen LogP contribution in [0.5, 0.6) is 0 Å². The molecule has 7 heteroatoms. The molecule has 0 bridgehead atoms. The Morgan fingerprint density at radius 2 is 2.03 bits per heavy atom. The number of benzene rings is 1. The molecule has 4 N–H and O–H groups in total. The van der Waals surface area contributed by atoms with Crippen molar-refractivity contribution < 1.29 is 9.90 Å². The van der Waals surface area contributed by atoms with E-state index in [1.54, 1.807) is 6.92 Å². The molecule has 0 radical (unpaired) electrons. The van der Waals surface area contributed by atoms with Crippen LogP contribution in [0.15, 0.2) is 46.8 Å². The highest BCUT2D eigenvalue weighted by atomic mass is 32.1. The highest BCUT2D eigenvalue weighted by Crippen LogP contribution is 2.24. The number of carbonyl (C=O) groups is 1. The van der Waals surface area contributed by atoms with Gasteiger partial charge in [-0.3, -0.25) is 4.79 Å². The van der Waals surface area contributed by atoms with Gasteiger partial charge in [0, 0.05) is 23.5 Å². The van der Waals surface area contributed by atoms with Gasteiger partial charge >= 0.3 is 0 Å². The maximum Gasteiger partial charge on any atom is 0.224 e. The van der Waals surface area contributed by atoms with Crippen LogP contribution in [0.1, 0.15) is 44.6 Å². The first-order valence-corrected chi connectivity index (χ1v) is 10.9. The number of thiophene rings is 1. The van der Waals surface area contributed by atoms with Crippen LogP contribution in [0, 0.1) is 5.92 Å². The molecule has 0 spiro atoms. The fourth-order valence-electron chi connectivity index (χ4n) is 2.77.